The van der Waals surface area contributed by atoms with Crippen LogP contribution in [-0.4, -0.2) is 13.7 Å². The van der Waals surface area contributed by atoms with E-state index in [9.17, 15) is 0 Å². The average molecular weight is 650 g/mol. The molecule has 0 bridgehead atoms. The van der Waals surface area contributed by atoms with Crippen molar-refractivity contribution < 1.29 is 0 Å². The van der Waals surface area contributed by atoms with Gasteiger partial charge in [0, 0.05) is 49.3 Å². The fourth-order valence-corrected chi connectivity index (χ4v) is 8.52. The predicted molar refractivity (Wildman–Crippen MR) is 215 cm³/mol. The summed E-state index contributed by atoms with van der Waals surface area (Å²) >= 11 is 0. The standard InChI is InChI=1S/C48H31N3/c1-2-16-33(17-3-1)50-45-27-12-7-22-38(45)40-29-30-41-39-23-8-13-28-46(39)51(48(41)47(40)50)42-24-9-4-19-35(42)32-15-14-18-34(31-32)49-43-25-10-5-20-36(43)37-21-6-11-26-44(37)49/h1-31H. The first-order valence-corrected chi connectivity index (χ1v) is 17.5. The van der Waals surface area contributed by atoms with Crippen LogP contribution in [0.4, 0.5) is 0 Å². The summed E-state index contributed by atoms with van der Waals surface area (Å²) in [5, 5.41) is 7.52. The van der Waals surface area contributed by atoms with Crippen LogP contribution in [0.1, 0.15) is 0 Å². The molecular weight excluding hydrogens is 619 g/mol. The van der Waals surface area contributed by atoms with Crippen LogP contribution in [0.5, 0.6) is 0 Å². The van der Waals surface area contributed by atoms with Gasteiger partial charge in [-0.2, -0.15) is 0 Å². The van der Waals surface area contributed by atoms with Crippen LogP contribution in [0, 0.1) is 0 Å². The van der Waals surface area contributed by atoms with Crippen molar-refractivity contribution in [2.45, 2.75) is 0 Å². The fraction of sp³-hybridized carbons (Fsp3) is 0. The summed E-state index contributed by atoms with van der Waals surface area (Å²) < 4.78 is 7.36. The molecule has 8 aromatic carbocycles. The summed E-state index contributed by atoms with van der Waals surface area (Å²) in [6, 6.07) is 68.4. The van der Waals surface area contributed by atoms with E-state index in [1.807, 2.05) is 0 Å². The van der Waals surface area contributed by atoms with E-state index in [1.54, 1.807) is 0 Å². The maximum Gasteiger partial charge on any atom is 0.0789 e. The zero-order chi connectivity index (χ0) is 33.5. The lowest BCUT2D eigenvalue weighted by molar-refractivity contribution is 1.15. The third-order valence-electron chi connectivity index (χ3n) is 10.6. The third kappa shape index (κ3) is 4.00. The first-order chi connectivity index (χ1) is 25.3. The zero-order valence-electron chi connectivity index (χ0n) is 27.7. The van der Waals surface area contributed by atoms with Crippen LogP contribution in [0.3, 0.4) is 0 Å². The maximum atomic E-state index is 2.51. The lowest BCUT2D eigenvalue weighted by Crippen LogP contribution is -2.00. The summed E-state index contributed by atoms with van der Waals surface area (Å²) in [6.45, 7) is 0. The molecule has 3 aromatic heterocycles. The fourth-order valence-electron chi connectivity index (χ4n) is 8.52. The third-order valence-corrected chi connectivity index (χ3v) is 10.6. The molecule has 3 nitrogen and oxygen atoms in total. The molecule has 0 aliphatic heterocycles. The smallest absolute Gasteiger partial charge is 0.0789 e. The maximum absolute atomic E-state index is 2.51. The Kier molecular flexibility index (Phi) is 5.96. The van der Waals surface area contributed by atoms with Crippen molar-refractivity contribution in [2.75, 3.05) is 0 Å². The van der Waals surface area contributed by atoms with E-state index >= 15 is 0 Å². The van der Waals surface area contributed by atoms with E-state index in [4.69, 9.17) is 0 Å². The van der Waals surface area contributed by atoms with E-state index in [1.165, 1.54) is 76.5 Å². The average Bonchev–Trinajstić information content (AvgIpc) is 3.84. The summed E-state index contributed by atoms with van der Waals surface area (Å²) in [6.07, 6.45) is 0. The molecular formula is C48H31N3. The highest BCUT2D eigenvalue weighted by Crippen LogP contribution is 2.43. The van der Waals surface area contributed by atoms with Crippen LogP contribution in [-0.2, 0) is 0 Å². The van der Waals surface area contributed by atoms with Gasteiger partial charge in [0.15, 0.2) is 0 Å². The van der Waals surface area contributed by atoms with E-state index in [0.29, 0.717) is 0 Å². The van der Waals surface area contributed by atoms with Gasteiger partial charge in [-0.1, -0.05) is 133 Å². The first kappa shape index (κ1) is 28.0. The lowest BCUT2D eigenvalue weighted by atomic mass is 10.0. The number of hydrogen-bond acceptors (Lipinski definition) is 0. The lowest BCUT2D eigenvalue weighted by Gasteiger charge is -2.17. The van der Waals surface area contributed by atoms with Crippen molar-refractivity contribution in [2.24, 2.45) is 0 Å². The molecule has 0 aliphatic rings. The largest absolute Gasteiger partial charge is 0.309 e. The van der Waals surface area contributed by atoms with Crippen LogP contribution in [0.25, 0.3) is 93.6 Å². The quantitative estimate of drug-likeness (QED) is 0.180. The molecule has 0 fully saturated rings. The van der Waals surface area contributed by atoms with Crippen molar-refractivity contribution in [3.05, 3.63) is 188 Å². The van der Waals surface area contributed by atoms with Gasteiger partial charge in [-0.05, 0) is 60.2 Å². The number of benzene rings is 8. The van der Waals surface area contributed by atoms with E-state index in [0.717, 1.165) is 17.1 Å². The van der Waals surface area contributed by atoms with Gasteiger partial charge in [-0.3, -0.25) is 0 Å². The Bertz CT molecular complexity index is 3080. The second-order valence-corrected chi connectivity index (χ2v) is 13.3. The number of para-hydroxylation sites is 6. The van der Waals surface area contributed by atoms with Crippen molar-refractivity contribution in [3.8, 4) is 28.2 Å². The molecule has 238 valence electrons. The minimum atomic E-state index is 1.15. The molecule has 0 N–H and O–H groups in total. The molecule has 0 aliphatic carbocycles. The molecule has 51 heavy (non-hydrogen) atoms. The molecule has 0 spiro atoms. The molecule has 0 saturated heterocycles. The minimum Gasteiger partial charge on any atom is -0.309 e. The van der Waals surface area contributed by atoms with Crippen LogP contribution < -0.4 is 0 Å². The Morgan fingerprint density at radius 3 is 1.35 bits per heavy atom. The SMILES string of the molecule is c1ccc(-n2c3ccccc3c3ccc4c5ccccc5n(-c5ccccc5-c5cccc(-n6c7ccccc7c7ccccc76)c5)c4c32)cc1. The summed E-state index contributed by atoms with van der Waals surface area (Å²) in [4.78, 5) is 0. The molecule has 0 atom stereocenters. The molecule has 3 heterocycles. The highest BCUT2D eigenvalue weighted by atomic mass is 15.0. The highest BCUT2D eigenvalue weighted by Gasteiger charge is 2.22. The molecule has 3 heteroatoms. The van der Waals surface area contributed by atoms with Crippen molar-refractivity contribution >= 4 is 65.4 Å². The molecule has 0 radical (unpaired) electrons. The van der Waals surface area contributed by atoms with Gasteiger partial charge in [-0.15, -0.1) is 0 Å². The Morgan fingerprint density at radius 1 is 0.275 bits per heavy atom. The molecule has 11 aromatic rings. The topological polar surface area (TPSA) is 14.8 Å². The highest BCUT2D eigenvalue weighted by molar-refractivity contribution is 6.24. The number of aromatic nitrogens is 3. The Labute approximate surface area is 294 Å². The van der Waals surface area contributed by atoms with Crippen LogP contribution in [0.2, 0.25) is 0 Å². The molecule has 0 amide bonds. The second-order valence-electron chi connectivity index (χ2n) is 13.3. The molecule has 0 saturated carbocycles. The predicted octanol–water partition coefficient (Wildman–Crippen LogP) is 12.6. The van der Waals surface area contributed by atoms with Gasteiger partial charge in [0.2, 0.25) is 0 Å². The number of fused-ring (bicyclic) bond motifs is 10. The number of nitrogens with zero attached hydrogens (tertiary/aromatic N) is 3. The summed E-state index contributed by atoms with van der Waals surface area (Å²) in [5.74, 6) is 0. The second kappa shape index (κ2) is 10.8. The first-order valence-electron chi connectivity index (χ1n) is 17.5. The van der Waals surface area contributed by atoms with Gasteiger partial charge in [0.1, 0.15) is 0 Å². The molecule has 11 rings (SSSR count). The Morgan fingerprint density at radius 2 is 0.725 bits per heavy atom. The Balaban J connectivity index is 1.23. The van der Waals surface area contributed by atoms with E-state index < -0.39 is 0 Å². The monoisotopic (exact) mass is 649 g/mol. The summed E-state index contributed by atoms with van der Waals surface area (Å²) in [7, 11) is 0. The van der Waals surface area contributed by atoms with Crippen LogP contribution in [0.15, 0.2) is 188 Å². The van der Waals surface area contributed by atoms with E-state index in [-0.39, 0.29) is 0 Å². The number of rotatable bonds is 4. The summed E-state index contributed by atoms with van der Waals surface area (Å²) in [5.41, 5.74) is 13.0. The zero-order valence-corrected chi connectivity index (χ0v) is 27.7. The van der Waals surface area contributed by atoms with Crippen molar-refractivity contribution in [3.63, 3.8) is 0 Å². The Hall–Kier alpha value is -6.84. The van der Waals surface area contributed by atoms with Gasteiger partial charge in [-0.25, -0.2) is 0 Å². The van der Waals surface area contributed by atoms with Gasteiger partial charge >= 0.3 is 0 Å². The van der Waals surface area contributed by atoms with E-state index in [2.05, 4.69) is 202 Å². The van der Waals surface area contributed by atoms with Gasteiger partial charge in [0.25, 0.3) is 0 Å². The van der Waals surface area contributed by atoms with Gasteiger partial charge in [0.05, 0.1) is 38.8 Å². The van der Waals surface area contributed by atoms with Gasteiger partial charge < -0.3 is 13.7 Å². The van der Waals surface area contributed by atoms with Crippen molar-refractivity contribution in [1.29, 1.82) is 0 Å². The minimum absolute atomic E-state index is 1.15. The van der Waals surface area contributed by atoms with Crippen LogP contribution >= 0.6 is 0 Å². The normalized spacial score (nSPS) is 11.9. The van der Waals surface area contributed by atoms with Crippen molar-refractivity contribution in [1.82, 2.24) is 13.7 Å². The molecule has 0 unspecified atom stereocenters. The number of hydrogen-bond donors (Lipinski definition) is 0.